The highest BCUT2D eigenvalue weighted by atomic mass is 32.2. The van der Waals surface area contributed by atoms with Crippen molar-refractivity contribution in [3.8, 4) is 11.5 Å². The fourth-order valence-electron chi connectivity index (χ4n) is 2.17. The average Bonchev–Trinajstić information content (AvgIpc) is 2.54. The molecule has 124 valence electrons. The van der Waals surface area contributed by atoms with Gasteiger partial charge in [-0.3, -0.25) is 4.79 Å². The fraction of sp³-hybridized carbons (Fsp3) is 0.562. The van der Waals surface area contributed by atoms with Gasteiger partial charge in [-0.2, -0.15) is 0 Å². The van der Waals surface area contributed by atoms with Crippen molar-refractivity contribution in [1.29, 1.82) is 0 Å². The van der Waals surface area contributed by atoms with Gasteiger partial charge >= 0.3 is 0 Å². The van der Waals surface area contributed by atoms with E-state index in [9.17, 15) is 4.79 Å². The van der Waals surface area contributed by atoms with Gasteiger partial charge in [0, 0.05) is 24.9 Å². The van der Waals surface area contributed by atoms with Gasteiger partial charge in [0.2, 0.25) is 5.91 Å². The number of amides is 1. The molecule has 0 aliphatic rings. The molecule has 6 heteroatoms. The average molecular weight is 326 g/mol. The Balaban J connectivity index is 2.84. The molecule has 0 heterocycles. The Bertz CT molecular complexity index is 495. The standard InChI is InChI=1S/C16H26N2O3S/c1-17-8-6-7-16(19)18(2)11-12-9-13(20-3)14(21-4)10-15(12)22-5/h9-10,17H,6-8,11H2,1-5H3. The first kappa shape index (κ1) is 18.6. The minimum atomic E-state index is 0.150. The maximum Gasteiger partial charge on any atom is 0.222 e. The molecule has 0 aliphatic carbocycles. The van der Waals surface area contributed by atoms with Gasteiger partial charge in [0.25, 0.3) is 0 Å². The largest absolute Gasteiger partial charge is 0.493 e. The molecule has 22 heavy (non-hydrogen) atoms. The first-order valence-electron chi connectivity index (χ1n) is 7.24. The van der Waals surface area contributed by atoms with Gasteiger partial charge < -0.3 is 19.7 Å². The summed E-state index contributed by atoms with van der Waals surface area (Å²) in [4.78, 5) is 15.0. The lowest BCUT2D eigenvalue weighted by atomic mass is 10.1. The molecule has 1 rings (SSSR count). The Labute approximate surface area is 137 Å². The lowest BCUT2D eigenvalue weighted by Gasteiger charge is -2.20. The molecule has 0 atom stereocenters. The molecule has 0 fully saturated rings. The Hall–Kier alpha value is -1.40. The van der Waals surface area contributed by atoms with Crippen LogP contribution in [0.3, 0.4) is 0 Å². The van der Waals surface area contributed by atoms with Gasteiger partial charge in [-0.25, -0.2) is 0 Å². The molecule has 0 spiro atoms. The van der Waals surface area contributed by atoms with Crippen LogP contribution in [0.4, 0.5) is 0 Å². The van der Waals surface area contributed by atoms with Crippen LogP contribution in [0.15, 0.2) is 17.0 Å². The molecule has 0 aliphatic heterocycles. The third-order valence-electron chi connectivity index (χ3n) is 3.44. The van der Waals surface area contributed by atoms with Crippen molar-refractivity contribution < 1.29 is 14.3 Å². The second-order valence-electron chi connectivity index (χ2n) is 4.98. The van der Waals surface area contributed by atoms with Crippen molar-refractivity contribution in [3.05, 3.63) is 17.7 Å². The van der Waals surface area contributed by atoms with Crippen LogP contribution in [0.1, 0.15) is 18.4 Å². The third kappa shape index (κ3) is 5.10. The van der Waals surface area contributed by atoms with Crippen LogP contribution in [0.2, 0.25) is 0 Å². The lowest BCUT2D eigenvalue weighted by molar-refractivity contribution is -0.130. The molecule has 1 aromatic carbocycles. The van der Waals surface area contributed by atoms with E-state index >= 15 is 0 Å². The van der Waals surface area contributed by atoms with E-state index in [1.165, 1.54) is 0 Å². The van der Waals surface area contributed by atoms with Crippen molar-refractivity contribution in [2.75, 3.05) is 41.1 Å². The second kappa shape index (κ2) is 9.58. The SMILES string of the molecule is CNCCCC(=O)N(C)Cc1cc(OC)c(OC)cc1SC. The summed E-state index contributed by atoms with van der Waals surface area (Å²) in [5.41, 5.74) is 1.06. The predicted molar refractivity (Wildman–Crippen MR) is 91.0 cm³/mol. The Morgan fingerprint density at radius 2 is 1.91 bits per heavy atom. The molecule has 0 bridgehead atoms. The number of carbonyl (C=O) groups excluding carboxylic acids is 1. The first-order valence-corrected chi connectivity index (χ1v) is 8.47. The fourth-order valence-corrected chi connectivity index (χ4v) is 2.78. The van der Waals surface area contributed by atoms with Crippen molar-refractivity contribution >= 4 is 17.7 Å². The molecule has 1 N–H and O–H groups in total. The molecule has 0 unspecified atom stereocenters. The van der Waals surface area contributed by atoms with Gasteiger partial charge in [-0.1, -0.05) is 0 Å². The zero-order valence-corrected chi connectivity index (χ0v) is 14.9. The Morgan fingerprint density at radius 1 is 1.27 bits per heavy atom. The third-order valence-corrected chi connectivity index (χ3v) is 4.26. The van der Waals surface area contributed by atoms with Crippen LogP contribution in [0, 0.1) is 0 Å². The number of nitrogens with one attached hydrogen (secondary N) is 1. The predicted octanol–water partition coefficient (Wildman–Crippen LogP) is 2.38. The zero-order valence-electron chi connectivity index (χ0n) is 14.1. The molecule has 1 amide bonds. The van der Waals surface area contributed by atoms with Crippen molar-refractivity contribution in [2.45, 2.75) is 24.3 Å². The molecule has 0 aromatic heterocycles. The summed E-state index contributed by atoms with van der Waals surface area (Å²) in [7, 11) is 6.97. The maximum atomic E-state index is 12.1. The molecule has 0 saturated carbocycles. The smallest absolute Gasteiger partial charge is 0.222 e. The molecule has 0 saturated heterocycles. The quantitative estimate of drug-likeness (QED) is 0.558. The number of carbonyl (C=O) groups is 1. The number of benzene rings is 1. The summed E-state index contributed by atoms with van der Waals surface area (Å²) in [6, 6.07) is 3.90. The van der Waals surface area contributed by atoms with Crippen molar-refractivity contribution in [2.24, 2.45) is 0 Å². The lowest BCUT2D eigenvalue weighted by Crippen LogP contribution is -2.27. The number of nitrogens with zero attached hydrogens (tertiary/aromatic N) is 1. The second-order valence-corrected chi connectivity index (χ2v) is 5.82. The van der Waals surface area contributed by atoms with E-state index in [-0.39, 0.29) is 5.91 Å². The zero-order chi connectivity index (χ0) is 16.5. The highest BCUT2D eigenvalue weighted by Crippen LogP contribution is 2.35. The Kier molecular flexibility index (Phi) is 8.12. The summed E-state index contributed by atoms with van der Waals surface area (Å²) in [6.45, 7) is 1.42. The van der Waals surface area contributed by atoms with E-state index in [4.69, 9.17) is 9.47 Å². The molecule has 0 radical (unpaired) electrons. The summed E-state index contributed by atoms with van der Waals surface area (Å²) < 4.78 is 10.7. The number of methoxy groups -OCH3 is 2. The van der Waals surface area contributed by atoms with E-state index < -0.39 is 0 Å². The van der Waals surface area contributed by atoms with E-state index in [1.54, 1.807) is 30.9 Å². The number of hydrogen-bond donors (Lipinski definition) is 1. The molecule has 5 nitrogen and oxygen atoms in total. The van der Waals surface area contributed by atoms with Gasteiger partial charge in [0.05, 0.1) is 14.2 Å². The van der Waals surface area contributed by atoms with E-state index in [2.05, 4.69) is 5.32 Å². The van der Waals surface area contributed by atoms with Gasteiger partial charge in [0.1, 0.15) is 0 Å². The van der Waals surface area contributed by atoms with E-state index in [0.29, 0.717) is 24.5 Å². The van der Waals surface area contributed by atoms with Gasteiger partial charge in [-0.05, 0) is 44.0 Å². The molecule has 1 aromatic rings. The van der Waals surface area contributed by atoms with Gasteiger partial charge in [0.15, 0.2) is 11.5 Å². The highest BCUT2D eigenvalue weighted by molar-refractivity contribution is 7.98. The van der Waals surface area contributed by atoms with Crippen molar-refractivity contribution in [3.63, 3.8) is 0 Å². The van der Waals surface area contributed by atoms with Crippen LogP contribution in [-0.2, 0) is 11.3 Å². The first-order chi connectivity index (χ1) is 10.6. The minimum absolute atomic E-state index is 0.150. The van der Waals surface area contributed by atoms with Crippen LogP contribution >= 0.6 is 11.8 Å². The maximum absolute atomic E-state index is 12.1. The number of thioether (sulfide) groups is 1. The summed E-state index contributed by atoms with van der Waals surface area (Å²) in [5.74, 6) is 1.54. The van der Waals surface area contributed by atoms with Crippen LogP contribution in [-0.4, -0.2) is 51.9 Å². The van der Waals surface area contributed by atoms with Crippen LogP contribution in [0.25, 0.3) is 0 Å². The topological polar surface area (TPSA) is 50.8 Å². The van der Waals surface area contributed by atoms with Crippen molar-refractivity contribution in [1.82, 2.24) is 10.2 Å². The monoisotopic (exact) mass is 326 g/mol. The van der Waals surface area contributed by atoms with Crippen LogP contribution < -0.4 is 14.8 Å². The normalized spacial score (nSPS) is 10.4. The molecular formula is C16H26N2O3S. The van der Waals surface area contributed by atoms with E-state index in [0.717, 1.165) is 23.4 Å². The minimum Gasteiger partial charge on any atom is -0.493 e. The summed E-state index contributed by atoms with van der Waals surface area (Å²) in [6.07, 6.45) is 3.42. The summed E-state index contributed by atoms with van der Waals surface area (Å²) in [5, 5.41) is 3.05. The number of rotatable bonds is 9. The van der Waals surface area contributed by atoms with Gasteiger partial charge in [-0.15, -0.1) is 11.8 Å². The highest BCUT2D eigenvalue weighted by Gasteiger charge is 2.15. The summed E-state index contributed by atoms with van der Waals surface area (Å²) >= 11 is 1.64. The molecular weight excluding hydrogens is 300 g/mol. The van der Waals surface area contributed by atoms with E-state index in [1.807, 2.05) is 32.5 Å². The Morgan fingerprint density at radius 3 is 2.45 bits per heavy atom. The van der Waals surface area contributed by atoms with Crippen LogP contribution in [0.5, 0.6) is 11.5 Å². The number of hydrogen-bond acceptors (Lipinski definition) is 5. The number of ether oxygens (including phenoxy) is 2.